The van der Waals surface area contributed by atoms with Gasteiger partial charge >= 0.3 is 0 Å². The highest BCUT2D eigenvalue weighted by Crippen LogP contribution is 2.29. The second-order valence-corrected chi connectivity index (χ2v) is 7.01. The zero-order chi connectivity index (χ0) is 17.3. The van der Waals surface area contributed by atoms with Gasteiger partial charge in [-0.2, -0.15) is 0 Å². The number of carbonyl (C=O) groups is 1. The molecule has 124 valence electrons. The van der Waals surface area contributed by atoms with Crippen LogP contribution in [0.2, 0.25) is 0 Å². The zero-order valence-electron chi connectivity index (χ0n) is 14.3. The molecular weight excluding hydrogens is 320 g/mol. The van der Waals surface area contributed by atoms with Gasteiger partial charge in [-0.1, -0.05) is 29.5 Å². The first kappa shape index (κ1) is 16.5. The van der Waals surface area contributed by atoms with E-state index >= 15 is 0 Å². The molecule has 0 saturated heterocycles. The molecule has 4 nitrogen and oxygen atoms in total. The molecule has 1 N–H and O–H groups in total. The number of carbonyl (C=O) groups excluding carboxylic acids is 1. The predicted molar refractivity (Wildman–Crippen MR) is 99.2 cm³/mol. The van der Waals surface area contributed by atoms with Crippen LogP contribution >= 0.6 is 11.3 Å². The van der Waals surface area contributed by atoms with Crippen LogP contribution in [0.4, 0.5) is 5.13 Å². The molecule has 0 radical (unpaired) electrons. The number of amides is 1. The van der Waals surface area contributed by atoms with Gasteiger partial charge in [0.15, 0.2) is 5.13 Å². The average Bonchev–Trinajstić information content (AvgIpc) is 2.89. The number of nitrogens with zero attached hydrogens (tertiary/aromatic N) is 1. The number of anilines is 1. The van der Waals surface area contributed by atoms with Crippen molar-refractivity contribution in [3.63, 3.8) is 0 Å². The summed E-state index contributed by atoms with van der Waals surface area (Å²) in [5.74, 6) is 0.768. The Hall–Kier alpha value is -2.40. The summed E-state index contributed by atoms with van der Waals surface area (Å²) in [6.45, 7) is 6.08. The molecule has 0 unspecified atom stereocenters. The lowest BCUT2D eigenvalue weighted by Crippen LogP contribution is -2.14. The van der Waals surface area contributed by atoms with E-state index in [1.165, 1.54) is 16.9 Å². The Bertz CT molecular complexity index is 915. The van der Waals surface area contributed by atoms with Crippen molar-refractivity contribution in [3.05, 3.63) is 52.6 Å². The number of aryl methyl sites for hydroxylation is 3. The molecular formula is C19H20N2O2S. The van der Waals surface area contributed by atoms with Crippen molar-refractivity contribution in [2.45, 2.75) is 27.2 Å². The maximum atomic E-state index is 12.3. The van der Waals surface area contributed by atoms with Crippen LogP contribution in [0.5, 0.6) is 5.75 Å². The fourth-order valence-corrected chi connectivity index (χ4v) is 3.88. The highest BCUT2D eigenvalue weighted by Gasteiger charge is 2.11. The van der Waals surface area contributed by atoms with Crippen LogP contribution in [-0.2, 0) is 11.2 Å². The Morgan fingerprint density at radius 3 is 2.67 bits per heavy atom. The molecule has 0 atom stereocenters. The van der Waals surface area contributed by atoms with Gasteiger partial charge in [-0.25, -0.2) is 4.98 Å². The Balaban J connectivity index is 1.75. The van der Waals surface area contributed by atoms with Crippen LogP contribution in [0.25, 0.3) is 10.2 Å². The summed E-state index contributed by atoms with van der Waals surface area (Å²) in [6.07, 6.45) is 0.318. The third-order valence-electron chi connectivity index (χ3n) is 3.90. The maximum Gasteiger partial charge on any atom is 0.230 e. The van der Waals surface area contributed by atoms with Crippen molar-refractivity contribution >= 4 is 32.6 Å². The number of fused-ring (bicyclic) bond motifs is 1. The molecule has 0 spiro atoms. The number of benzene rings is 2. The lowest BCUT2D eigenvalue weighted by Gasteiger charge is -2.07. The minimum Gasteiger partial charge on any atom is -0.496 e. The van der Waals surface area contributed by atoms with Gasteiger partial charge in [0, 0.05) is 0 Å². The van der Waals surface area contributed by atoms with Crippen LogP contribution in [-0.4, -0.2) is 18.0 Å². The quantitative estimate of drug-likeness (QED) is 0.765. The standard InChI is InChI=1S/C19H20N2O2S/c1-11-7-13(3)18-16(8-11)24-19(21-18)20-17(22)10-14-5-6-15(23-4)12(2)9-14/h5-9H,10H2,1-4H3,(H,20,21,22). The molecule has 5 heteroatoms. The van der Waals surface area contributed by atoms with Gasteiger partial charge in [0.1, 0.15) is 5.75 Å². The molecule has 3 aromatic rings. The van der Waals surface area contributed by atoms with Crippen molar-refractivity contribution in [1.29, 1.82) is 0 Å². The van der Waals surface area contributed by atoms with Gasteiger partial charge in [0.05, 0.1) is 23.7 Å². The SMILES string of the molecule is COc1ccc(CC(=O)Nc2nc3c(C)cc(C)cc3s2)cc1C. The van der Waals surface area contributed by atoms with E-state index in [0.717, 1.165) is 32.7 Å². The molecule has 0 aliphatic carbocycles. The van der Waals surface area contributed by atoms with Crippen molar-refractivity contribution in [2.75, 3.05) is 12.4 Å². The first-order chi connectivity index (χ1) is 11.5. The van der Waals surface area contributed by atoms with Crippen molar-refractivity contribution < 1.29 is 9.53 Å². The molecule has 2 aromatic carbocycles. The Kier molecular flexibility index (Phi) is 4.53. The molecule has 1 aromatic heterocycles. The number of rotatable bonds is 4. The summed E-state index contributed by atoms with van der Waals surface area (Å²) in [6, 6.07) is 9.99. The van der Waals surface area contributed by atoms with E-state index in [-0.39, 0.29) is 5.91 Å². The Morgan fingerprint density at radius 2 is 1.96 bits per heavy atom. The molecule has 0 saturated carbocycles. The van der Waals surface area contributed by atoms with Gasteiger partial charge in [-0.05, 0) is 55.2 Å². The molecule has 0 aliphatic heterocycles. The van der Waals surface area contributed by atoms with Gasteiger partial charge < -0.3 is 10.1 Å². The predicted octanol–water partition coefficient (Wildman–Crippen LogP) is 4.41. The summed E-state index contributed by atoms with van der Waals surface area (Å²) in [7, 11) is 1.64. The third-order valence-corrected chi connectivity index (χ3v) is 4.82. The van der Waals surface area contributed by atoms with Gasteiger partial charge in [0.2, 0.25) is 5.91 Å². The molecule has 1 heterocycles. The van der Waals surface area contributed by atoms with Gasteiger partial charge in [-0.3, -0.25) is 4.79 Å². The van der Waals surface area contributed by atoms with Gasteiger partial charge in [-0.15, -0.1) is 0 Å². The average molecular weight is 340 g/mol. The number of hydrogen-bond acceptors (Lipinski definition) is 4. The van der Waals surface area contributed by atoms with E-state index in [1.807, 2.05) is 32.0 Å². The molecule has 0 bridgehead atoms. The number of hydrogen-bond donors (Lipinski definition) is 1. The van der Waals surface area contributed by atoms with E-state index in [2.05, 4.69) is 29.4 Å². The third kappa shape index (κ3) is 3.41. The molecule has 1 amide bonds. The topological polar surface area (TPSA) is 51.2 Å². The number of aromatic nitrogens is 1. The van der Waals surface area contributed by atoms with Crippen molar-refractivity contribution in [1.82, 2.24) is 4.98 Å². The fraction of sp³-hybridized carbons (Fsp3) is 0.263. The van der Waals surface area contributed by atoms with Gasteiger partial charge in [0.25, 0.3) is 0 Å². The first-order valence-electron chi connectivity index (χ1n) is 7.77. The van der Waals surface area contributed by atoms with E-state index in [1.54, 1.807) is 7.11 Å². The molecule has 3 rings (SSSR count). The van der Waals surface area contributed by atoms with E-state index in [4.69, 9.17) is 4.74 Å². The lowest BCUT2D eigenvalue weighted by molar-refractivity contribution is -0.115. The zero-order valence-corrected chi connectivity index (χ0v) is 15.1. The number of methoxy groups -OCH3 is 1. The van der Waals surface area contributed by atoms with Crippen LogP contribution in [0, 0.1) is 20.8 Å². The van der Waals surface area contributed by atoms with Crippen LogP contribution in [0.1, 0.15) is 22.3 Å². The smallest absolute Gasteiger partial charge is 0.230 e. The van der Waals surface area contributed by atoms with Crippen molar-refractivity contribution in [2.24, 2.45) is 0 Å². The molecule has 0 fully saturated rings. The highest BCUT2D eigenvalue weighted by atomic mass is 32.1. The Labute approximate surface area is 145 Å². The second-order valence-electron chi connectivity index (χ2n) is 5.98. The molecule has 24 heavy (non-hydrogen) atoms. The summed E-state index contributed by atoms with van der Waals surface area (Å²) in [5, 5.41) is 3.56. The summed E-state index contributed by atoms with van der Waals surface area (Å²) < 4.78 is 6.35. The lowest BCUT2D eigenvalue weighted by atomic mass is 10.1. The fourth-order valence-electron chi connectivity index (χ4n) is 2.82. The van der Waals surface area contributed by atoms with E-state index in [9.17, 15) is 4.79 Å². The summed E-state index contributed by atoms with van der Waals surface area (Å²) >= 11 is 1.51. The van der Waals surface area contributed by atoms with Crippen LogP contribution in [0.15, 0.2) is 30.3 Å². The Morgan fingerprint density at radius 1 is 1.17 bits per heavy atom. The molecule has 0 aliphatic rings. The minimum atomic E-state index is -0.0620. The first-order valence-corrected chi connectivity index (χ1v) is 8.59. The normalized spacial score (nSPS) is 10.8. The minimum absolute atomic E-state index is 0.0620. The number of thiazole rings is 1. The summed E-state index contributed by atoms with van der Waals surface area (Å²) in [4.78, 5) is 16.8. The van der Waals surface area contributed by atoms with E-state index in [0.29, 0.717) is 11.6 Å². The van der Waals surface area contributed by atoms with Crippen molar-refractivity contribution in [3.8, 4) is 5.75 Å². The maximum absolute atomic E-state index is 12.3. The van der Waals surface area contributed by atoms with Crippen LogP contribution in [0.3, 0.4) is 0 Å². The highest BCUT2D eigenvalue weighted by molar-refractivity contribution is 7.22. The largest absolute Gasteiger partial charge is 0.496 e. The van der Waals surface area contributed by atoms with E-state index < -0.39 is 0 Å². The summed E-state index contributed by atoms with van der Waals surface area (Å²) in [5.41, 5.74) is 5.27. The number of nitrogens with one attached hydrogen (secondary N) is 1. The number of ether oxygens (including phenoxy) is 1. The second kappa shape index (κ2) is 6.61. The van der Waals surface area contributed by atoms with Crippen LogP contribution < -0.4 is 10.1 Å². The monoisotopic (exact) mass is 340 g/mol.